The standard InChI is InChI=1S/C12H18N4O2/c1-13-11-7-6-10(15-16-11)12(18)14-8-2-4-9(17)5-3-8/h6-9,17H,2-5H2,1H3,(H,13,16)(H,14,18). The molecule has 1 amide bonds. The van der Waals surface area contributed by atoms with Crippen LogP contribution in [0.2, 0.25) is 0 Å². The fourth-order valence-corrected chi connectivity index (χ4v) is 2.07. The van der Waals surface area contributed by atoms with Crippen molar-refractivity contribution in [2.45, 2.75) is 37.8 Å². The minimum atomic E-state index is -0.215. The van der Waals surface area contributed by atoms with E-state index in [4.69, 9.17) is 0 Å². The van der Waals surface area contributed by atoms with Crippen LogP contribution in [0.5, 0.6) is 0 Å². The number of carbonyl (C=O) groups excluding carboxylic acids is 1. The first-order chi connectivity index (χ1) is 8.69. The van der Waals surface area contributed by atoms with Gasteiger partial charge in [0.25, 0.3) is 5.91 Å². The van der Waals surface area contributed by atoms with Crippen molar-refractivity contribution >= 4 is 11.7 Å². The van der Waals surface area contributed by atoms with Crippen molar-refractivity contribution in [3.8, 4) is 0 Å². The van der Waals surface area contributed by atoms with Crippen LogP contribution in [0.15, 0.2) is 12.1 Å². The van der Waals surface area contributed by atoms with Crippen molar-refractivity contribution in [1.29, 1.82) is 0 Å². The monoisotopic (exact) mass is 250 g/mol. The summed E-state index contributed by atoms with van der Waals surface area (Å²) in [5, 5.41) is 22.9. The fourth-order valence-electron chi connectivity index (χ4n) is 2.07. The number of amides is 1. The first-order valence-electron chi connectivity index (χ1n) is 6.19. The highest BCUT2D eigenvalue weighted by atomic mass is 16.3. The summed E-state index contributed by atoms with van der Waals surface area (Å²) in [5.74, 6) is 0.430. The summed E-state index contributed by atoms with van der Waals surface area (Å²) < 4.78 is 0. The SMILES string of the molecule is CNc1ccc(C(=O)NC2CCC(O)CC2)nn1. The lowest BCUT2D eigenvalue weighted by Crippen LogP contribution is -2.39. The van der Waals surface area contributed by atoms with E-state index >= 15 is 0 Å². The topological polar surface area (TPSA) is 87.1 Å². The Morgan fingerprint density at radius 2 is 2.00 bits per heavy atom. The number of aromatic nitrogens is 2. The average molecular weight is 250 g/mol. The lowest BCUT2D eigenvalue weighted by molar-refractivity contribution is 0.0862. The summed E-state index contributed by atoms with van der Waals surface area (Å²) in [7, 11) is 1.75. The summed E-state index contributed by atoms with van der Waals surface area (Å²) in [5.41, 5.74) is 0.320. The van der Waals surface area contributed by atoms with Crippen LogP contribution in [0.4, 0.5) is 5.82 Å². The number of aliphatic hydroxyl groups excluding tert-OH is 1. The largest absolute Gasteiger partial charge is 0.393 e. The van der Waals surface area contributed by atoms with Gasteiger partial charge in [-0.2, -0.15) is 0 Å². The molecule has 0 atom stereocenters. The second-order valence-corrected chi connectivity index (χ2v) is 4.53. The van der Waals surface area contributed by atoms with E-state index < -0.39 is 0 Å². The predicted octanol–water partition coefficient (Wildman–Crippen LogP) is 0.552. The van der Waals surface area contributed by atoms with Crippen LogP contribution in [0.1, 0.15) is 36.2 Å². The van der Waals surface area contributed by atoms with Crippen LogP contribution in [0, 0.1) is 0 Å². The molecule has 98 valence electrons. The molecule has 1 aromatic heterocycles. The van der Waals surface area contributed by atoms with Gasteiger partial charge in [0.1, 0.15) is 5.82 Å². The van der Waals surface area contributed by atoms with Gasteiger partial charge in [-0.3, -0.25) is 4.79 Å². The third kappa shape index (κ3) is 3.16. The molecule has 1 heterocycles. The van der Waals surface area contributed by atoms with E-state index in [9.17, 15) is 9.90 Å². The second-order valence-electron chi connectivity index (χ2n) is 4.53. The smallest absolute Gasteiger partial charge is 0.272 e. The fraction of sp³-hybridized carbons (Fsp3) is 0.583. The quantitative estimate of drug-likeness (QED) is 0.729. The lowest BCUT2D eigenvalue weighted by Gasteiger charge is -2.25. The van der Waals surface area contributed by atoms with Gasteiger partial charge in [0.15, 0.2) is 5.69 Å². The van der Waals surface area contributed by atoms with Crippen LogP contribution in [-0.2, 0) is 0 Å². The Balaban J connectivity index is 1.90. The summed E-state index contributed by atoms with van der Waals surface area (Å²) in [6, 6.07) is 3.49. The summed E-state index contributed by atoms with van der Waals surface area (Å²) in [4.78, 5) is 11.9. The maximum atomic E-state index is 11.9. The Kier molecular flexibility index (Phi) is 4.09. The van der Waals surface area contributed by atoms with Crippen molar-refractivity contribution < 1.29 is 9.90 Å². The van der Waals surface area contributed by atoms with E-state index in [0.29, 0.717) is 11.5 Å². The van der Waals surface area contributed by atoms with Crippen molar-refractivity contribution in [3.05, 3.63) is 17.8 Å². The van der Waals surface area contributed by atoms with E-state index in [-0.39, 0.29) is 18.1 Å². The van der Waals surface area contributed by atoms with Gasteiger partial charge in [-0.05, 0) is 37.8 Å². The molecule has 1 aliphatic carbocycles. The summed E-state index contributed by atoms with van der Waals surface area (Å²) in [6.45, 7) is 0. The predicted molar refractivity (Wildman–Crippen MR) is 67.3 cm³/mol. The molecular formula is C12H18N4O2. The van der Waals surface area contributed by atoms with Gasteiger partial charge in [-0.1, -0.05) is 0 Å². The summed E-state index contributed by atoms with van der Waals surface area (Å²) >= 11 is 0. The minimum Gasteiger partial charge on any atom is -0.393 e. The van der Waals surface area contributed by atoms with E-state index in [1.165, 1.54) is 0 Å². The van der Waals surface area contributed by atoms with Gasteiger partial charge in [-0.25, -0.2) is 0 Å². The number of hydrogen-bond acceptors (Lipinski definition) is 5. The molecule has 0 bridgehead atoms. The molecule has 0 aliphatic heterocycles. The molecule has 0 radical (unpaired) electrons. The van der Waals surface area contributed by atoms with Gasteiger partial charge in [0.2, 0.25) is 0 Å². The first kappa shape index (κ1) is 12.8. The van der Waals surface area contributed by atoms with E-state index in [1.807, 2.05) is 0 Å². The third-order valence-corrected chi connectivity index (χ3v) is 3.19. The average Bonchev–Trinajstić information content (AvgIpc) is 2.41. The number of rotatable bonds is 3. The van der Waals surface area contributed by atoms with E-state index in [2.05, 4.69) is 20.8 Å². The molecule has 3 N–H and O–H groups in total. The molecule has 1 fully saturated rings. The number of carbonyl (C=O) groups is 1. The van der Waals surface area contributed by atoms with Gasteiger partial charge in [0.05, 0.1) is 6.10 Å². The number of anilines is 1. The highest BCUT2D eigenvalue weighted by Crippen LogP contribution is 2.18. The van der Waals surface area contributed by atoms with Crippen LogP contribution in [-0.4, -0.2) is 40.4 Å². The maximum absolute atomic E-state index is 11.9. The molecular weight excluding hydrogens is 232 g/mol. The zero-order valence-corrected chi connectivity index (χ0v) is 10.4. The number of nitrogens with zero attached hydrogens (tertiary/aromatic N) is 2. The Bertz CT molecular complexity index is 399. The van der Waals surface area contributed by atoms with E-state index in [0.717, 1.165) is 25.7 Å². The molecule has 1 aromatic rings. The molecule has 0 spiro atoms. The number of nitrogens with one attached hydrogen (secondary N) is 2. The highest BCUT2D eigenvalue weighted by molar-refractivity contribution is 5.92. The highest BCUT2D eigenvalue weighted by Gasteiger charge is 2.21. The molecule has 0 aromatic carbocycles. The molecule has 1 aliphatic rings. The molecule has 0 saturated heterocycles. The van der Waals surface area contributed by atoms with Crippen LogP contribution in [0.25, 0.3) is 0 Å². The normalized spacial score (nSPS) is 23.4. The zero-order valence-electron chi connectivity index (χ0n) is 10.4. The molecule has 6 nitrogen and oxygen atoms in total. The van der Waals surface area contributed by atoms with Crippen molar-refractivity contribution in [3.63, 3.8) is 0 Å². The Morgan fingerprint density at radius 1 is 1.28 bits per heavy atom. The van der Waals surface area contributed by atoms with Crippen LogP contribution >= 0.6 is 0 Å². The Labute approximate surface area is 106 Å². The van der Waals surface area contributed by atoms with Crippen molar-refractivity contribution in [2.24, 2.45) is 0 Å². The molecule has 6 heteroatoms. The van der Waals surface area contributed by atoms with Crippen molar-refractivity contribution in [1.82, 2.24) is 15.5 Å². The van der Waals surface area contributed by atoms with Crippen molar-refractivity contribution in [2.75, 3.05) is 12.4 Å². The van der Waals surface area contributed by atoms with Gasteiger partial charge in [-0.15, -0.1) is 10.2 Å². The molecule has 2 rings (SSSR count). The number of hydrogen-bond donors (Lipinski definition) is 3. The lowest BCUT2D eigenvalue weighted by atomic mass is 9.93. The van der Waals surface area contributed by atoms with Crippen LogP contribution < -0.4 is 10.6 Å². The third-order valence-electron chi connectivity index (χ3n) is 3.19. The molecule has 0 unspecified atom stereocenters. The van der Waals surface area contributed by atoms with Crippen LogP contribution in [0.3, 0.4) is 0 Å². The minimum absolute atomic E-state index is 0.131. The van der Waals surface area contributed by atoms with E-state index in [1.54, 1.807) is 19.2 Å². The van der Waals surface area contributed by atoms with Gasteiger partial charge in [0, 0.05) is 13.1 Å². The Morgan fingerprint density at radius 3 is 2.56 bits per heavy atom. The molecule has 1 saturated carbocycles. The number of aliphatic hydroxyl groups is 1. The Hall–Kier alpha value is -1.69. The second kappa shape index (κ2) is 5.77. The zero-order chi connectivity index (χ0) is 13.0. The maximum Gasteiger partial charge on any atom is 0.272 e. The molecule has 18 heavy (non-hydrogen) atoms. The van der Waals surface area contributed by atoms with Gasteiger partial charge < -0.3 is 15.7 Å². The van der Waals surface area contributed by atoms with Gasteiger partial charge >= 0.3 is 0 Å². The summed E-state index contributed by atoms with van der Waals surface area (Å²) in [6.07, 6.45) is 2.90. The first-order valence-corrected chi connectivity index (χ1v) is 6.19.